The van der Waals surface area contributed by atoms with E-state index in [1.165, 1.54) is 0 Å². The second kappa shape index (κ2) is 6.71. The molecule has 0 bridgehead atoms. The van der Waals surface area contributed by atoms with Crippen LogP contribution in [0.1, 0.15) is 44.9 Å². The predicted molar refractivity (Wildman–Crippen MR) is 108 cm³/mol. The zero-order chi connectivity index (χ0) is 19.4. The van der Waals surface area contributed by atoms with Crippen molar-refractivity contribution in [3.8, 4) is 0 Å². The first kappa shape index (κ1) is 19.5. The molecule has 0 aliphatic carbocycles. The van der Waals surface area contributed by atoms with Gasteiger partial charge in [0, 0.05) is 30.9 Å². The normalized spacial score (nSPS) is 20.8. The highest BCUT2D eigenvalue weighted by atomic mass is 79.9. The van der Waals surface area contributed by atoms with Gasteiger partial charge in [-0.15, -0.1) is 0 Å². The Labute approximate surface area is 169 Å². The molecule has 2 aromatic heterocycles. The molecule has 2 aromatic rings. The molecule has 3 heterocycles. The molecule has 1 fully saturated rings. The minimum atomic E-state index is -0.522. The molecular formula is C18H23Br2N3O3. The fourth-order valence-electron chi connectivity index (χ4n) is 3.38. The molecule has 6 nitrogen and oxygen atoms in total. The van der Waals surface area contributed by atoms with Gasteiger partial charge in [-0.2, -0.15) is 0 Å². The quantitative estimate of drug-likeness (QED) is 0.645. The third-order valence-corrected chi connectivity index (χ3v) is 6.65. The summed E-state index contributed by atoms with van der Waals surface area (Å²) in [5.74, 6) is 0.266. The van der Waals surface area contributed by atoms with Crippen LogP contribution in [0.4, 0.5) is 4.79 Å². The maximum Gasteiger partial charge on any atom is 0.410 e. The van der Waals surface area contributed by atoms with E-state index in [0.29, 0.717) is 18.6 Å². The number of aromatic amines is 1. The van der Waals surface area contributed by atoms with Gasteiger partial charge in [-0.25, -0.2) is 4.79 Å². The number of likely N-dealkylation sites (tertiary alicyclic amines) is 1. The van der Waals surface area contributed by atoms with Crippen LogP contribution in [0.5, 0.6) is 0 Å². The molecule has 1 N–H and O–H groups in total. The lowest BCUT2D eigenvalue weighted by Crippen LogP contribution is -2.35. The number of nitrogens with zero attached hydrogens (tertiary/aromatic N) is 2. The van der Waals surface area contributed by atoms with Crippen molar-refractivity contribution in [3.63, 3.8) is 0 Å². The van der Waals surface area contributed by atoms with Crippen LogP contribution >= 0.6 is 31.9 Å². The van der Waals surface area contributed by atoms with Gasteiger partial charge in [0.25, 0.3) is 5.56 Å². The molecule has 3 rings (SSSR count). The molecule has 2 atom stereocenters. The monoisotopic (exact) mass is 487 g/mol. The maximum absolute atomic E-state index is 12.6. The zero-order valence-electron chi connectivity index (χ0n) is 15.5. The van der Waals surface area contributed by atoms with Crippen molar-refractivity contribution >= 4 is 43.5 Å². The van der Waals surface area contributed by atoms with E-state index < -0.39 is 5.60 Å². The fourth-order valence-corrected chi connectivity index (χ4v) is 4.68. The molecular weight excluding hydrogens is 466 g/mol. The molecule has 0 aromatic carbocycles. The summed E-state index contributed by atoms with van der Waals surface area (Å²) in [5.41, 5.74) is 1.71. The van der Waals surface area contributed by atoms with Gasteiger partial charge in [0.2, 0.25) is 0 Å². The van der Waals surface area contributed by atoms with Crippen LogP contribution in [-0.2, 0) is 4.74 Å². The minimum absolute atomic E-state index is 0.0491. The average Bonchev–Trinajstić information content (AvgIpc) is 3.01. The number of ether oxygens (including phenoxy) is 1. The van der Waals surface area contributed by atoms with Crippen LogP contribution in [0, 0.1) is 12.8 Å². The zero-order valence-corrected chi connectivity index (χ0v) is 18.7. The van der Waals surface area contributed by atoms with Crippen molar-refractivity contribution in [1.29, 1.82) is 0 Å². The Morgan fingerprint density at radius 2 is 1.96 bits per heavy atom. The Balaban J connectivity index is 1.93. The molecule has 0 spiro atoms. The molecule has 1 aliphatic heterocycles. The Bertz CT molecular complexity index is 926. The summed E-state index contributed by atoms with van der Waals surface area (Å²) in [6.45, 7) is 10.7. The van der Waals surface area contributed by atoms with Crippen LogP contribution in [-0.4, -0.2) is 39.1 Å². The summed E-state index contributed by atoms with van der Waals surface area (Å²) in [4.78, 5) is 29.7. The van der Waals surface area contributed by atoms with Crippen molar-refractivity contribution in [2.24, 2.45) is 5.92 Å². The molecule has 142 valence electrons. The highest BCUT2D eigenvalue weighted by Crippen LogP contribution is 2.34. The van der Waals surface area contributed by atoms with Gasteiger partial charge < -0.3 is 19.0 Å². The number of hydrogen-bond donors (Lipinski definition) is 1. The Hall–Kier alpha value is -1.28. The van der Waals surface area contributed by atoms with Crippen LogP contribution in [0.2, 0.25) is 0 Å². The van der Waals surface area contributed by atoms with E-state index in [4.69, 9.17) is 4.74 Å². The number of amides is 1. The van der Waals surface area contributed by atoms with Crippen molar-refractivity contribution in [2.45, 2.75) is 46.1 Å². The largest absolute Gasteiger partial charge is 0.444 e. The number of hydrogen-bond acceptors (Lipinski definition) is 3. The Kier molecular flexibility index (Phi) is 5.03. The molecule has 0 saturated carbocycles. The van der Waals surface area contributed by atoms with Crippen molar-refractivity contribution in [1.82, 2.24) is 14.3 Å². The Morgan fingerprint density at radius 1 is 1.31 bits per heavy atom. The van der Waals surface area contributed by atoms with Gasteiger partial charge in [0.15, 0.2) is 0 Å². The first-order valence-electron chi connectivity index (χ1n) is 8.56. The molecule has 0 unspecified atom stereocenters. The number of carbonyl (C=O) groups is 1. The molecule has 8 heteroatoms. The van der Waals surface area contributed by atoms with E-state index in [0.717, 1.165) is 20.3 Å². The molecule has 1 amide bonds. The van der Waals surface area contributed by atoms with Gasteiger partial charge in [-0.05, 0) is 71.0 Å². The number of halogens is 2. The topological polar surface area (TPSA) is 66.8 Å². The third kappa shape index (κ3) is 3.45. The second-order valence-corrected chi connectivity index (χ2v) is 9.50. The lowest BCUT2D eigenvalue weighted by atomic mass is 9.95. The van der Waals surface area contributed by atoms with E-state index in [-0.39, 0.29) is 23.5 Å². The predicted octanol–water partition coefficient (Wildman–Crippen LogP) is 4.43. The van der Waals surface area contributed by atoms with Gasteiger partial charge in [-0.1, -0.05) is 6.92 Å². The standard InChI is InChI=1S/C18H23Br2N3O3/c1-9-6-22(17(25)26-18(3,4)5)7-11(9)12-8-23-14(16(24)21-12)13(19)10(2)15(23)20/h8-9,11H,6-7H2,1-5H3,(H,21,24)/t9-,11-/m1/s1. The lowest BCUT2D eigenvalue weighted by molar-refractivity contribution is 0.0287. The summed E-state index contributed by atoms with van der Waals surface area (Å²) in [6.07, 6.45) is 1.63. The van der Waals surface area contributed by atoms with E-state index >= 15 is 0 Å². The van der Waals surface area contributed by atoms with Crippen LogP contribution in [0.25, 0.3) is 5.52 Å². The first-order valence-corrected chi connectivity index (χ1v) is 10.1. The van der Waals surface area contributed by atoms with E-state index in [9.17, 15) is 9.59 Å². The average molecular weight is 489 g/mol. The number of carbonyl (C=O) groups excluding carboxylic acids is 1. The Morgan fingerprint density at radius 3 is 2.58 bits per heavy atom. The third-order valence-electron chi connectivity index (χ3n) is 4.70. The number of rotatable bonds is 1. The number of nitrogens with one attached hydrogen (secondary N) is 1. The summed E-state index contributed by atoms with van der Waals surface area (Å²) < 4.78 is 8.97. The van der Waals surface area contributed by atoms with E-state index in [2.05, 4.69) is 43.8 Å². The second-order valence-electron chi connectivity index (χ2n) is 7.96. The molecule has 1 aliphatic rings. The highest BCUT2D eigenvalue weighted by molar-refractivity contribution is 9.11. The van der Waals surface area contributed by atoms with Crippen molar-refractivity contribution in [3.05, 3.63) is 36.9 Å². The molecule has 26 heavy (non-hydrogen) atoms. The molecule has 0 radical (unpaired) electrons. The summed E-state index contributed by atoms with van der Waals surface area (Å²) in [7, 11) is 0. The molecule has 1 saturated heterocycles. The summed E-state index contributed by atoms with van der Waals surface area (Å²) in [6, 6.07) is 0. The number of fused-ring (bicyclic) bond motifs is 1. The number of aromatic nitrogens is 2. The highest BCUT2D eigenvalue weighted by Gasteiger charge is 2.36. The first-order chi connectivity index (χ1) is 12.0. The van der Waals surface area contributed by atoms with Crippen molar-refractivity contribution in [2.75, 3.05) is 13.1 Å². The van der Waals surface area contributed by atoms with Gasteiger partial charge in [0.05, 0.1) is 9.08 Å². The van der Waals surface area contributed by atoms with Gasteiger partial charge >= 0.3 is 6.09 Å². The summed E-state index contributed by atoms with van der Waals surface area (Å²) in [5, 5.41) is 0. The van der Waals surface area contributed by atoms with Gasteiger partial charge in [-0.3, -0.25) is 4.79 Å². The lowest BCUT2D eigenvalue weighted by Gasteiger charge is -2.24. The van der Waals surface area contributed by atoms with Crippen LogP contribution in [0.15, 0.2) is 20.1 Å². The van der Waals surface area contributed by atoms with Crippen molar-refractivity contribution < 1.29 is 9.53 Å². The number of H-pyrrole nitrogens is 1. The fraction of sp³-hybridized carbons (Fsp3) is 0.556. The van der Waals surface area contributed by atoms with Crippen LogP contribution < -0.4 is 5.56 Å². The SMILES string of the molecule is Cc1c(Br)c2c(=O)[nH]c([C@@H]3CN(C(=O)OC(C)(C)C)C[C@H]3C)cn2c1Br. The maximum atomic E-state index is 12.6. The smallest absolute Gasteiger partial charge is 0.410 e. The van der Waals surface area contributed by atoms with Crippen LogP contribution in [0.3, 0.4) is 0 Å². The summed E-state index contributed by atoms with van der Waals surface area (Å²) >= 11 is 7.05. The minimum Gasteiger partial charge on any atom is -0.444 e. The van der Waals surface area contributed by atoms with Gasteiger partial charge in [0.1, 0.15) is 11.1 Å². The van der Waals surface area contributed by atoms with E-state index in [1.807, 2.05) is 38.3 Å². The van der Waals surface area contributed by atoms with E-state index in [1.54, 1.807) is 4.90 Å².